The molecule has 0 aliphatic rings. The Labute approximate surface area is 121 Å². The van der Waals surface area contributed by atoms with Gasteiger partial charge in [-0.2, -0.15) is 5.10 Å². The third kappa shape index (κ3) is 2.86. The second-order valence-electron chi connectivity index (χ2n) is 4.52. The highest BCUT2D eigenvalue weighted by Gasteiger charge is 2.11. The fourth-order valence-corrected chi connectivity index (χ4v) is 2.05. The van der Waals surface area contributed by atoms with Crippen molar-refractivity contribution in [1.82, 2.24) is 9.78 Å². The van der Waals surface area contributed by atoms with Gasteiger partial charge in [0, 0.05) is 11.8 Å². The molecule has 0 atom stereocenters. The SMILES string of the molecule is COC(=O)c1ccc(Cn2ccc(-c3ccccc3)n2)o1. The number of benzene rings is 1. The fraction of sp³-hybridized carbons (Fsp3) is 0.125. The maximum absolute atomic E-state index is 11.3. The lowest BCUT2D eigenvalue weighted by Crippen LogP contribution is -2.00. The molecule has 0 unspecified atom stereocenters. The third-order valence-electron chi connectivity index (χ3n) is 3.08. The molecule has 0 spiro atoms. The number of ether oxygens (including phenoxy) is 1. The monoisotopic (exact) mass is 282 g/mol. The topological polar surface area (TPSA) is 57.3 Å². The molecule has 5 heteroatoms. The van der Waals surface area contributed by atoms with Crippen LogP contribution in [0.2, 0.25) is 0 Å². The summed E-state index contributed by atoms with van der Waals surface area (Å²) in [6.45, 7) is 0.462. The van der Waals surface area contributed by atoms with Crippen LogP contribution in [0.1, 0.15) is 16.3 Å². The first-order chi connectivity index (χ1) is 10.3. The summed E-state index contributed by atoms with van der Waals surface area (Å²) in [6.07, 6.45) is 1.88. The van der Waals surface area contributed by atoms with E-state index < -0.39 is 5.97 Å². The van der Waals surface area contributed by atoms with Crippen molar-refractivity contribution in [2.45, 2.75) is 6.54 Å². The molecular formula is C16H14N2O3. The summed E-state index contributed by atoms with van der Waals surface area (Å²) in [5, 5.41) is 4.49. The molecule has 1 aromatic carbocycles. The van der Waals surface area contributed by atoms with Crippen LogP contribution in [0.3, 0.4) is 0 Å². The highest BCUT2D eigenvalue weighted by molar-refractivity contribution is 5.86. The van der Waals surface area contributed by atoms with E-state index in [4.69, 9.17) is 4.42 Å². The maximum Gasteiger partial charge on any atom is 0.373 e. The number of esters is 1. The van der Waals surface area contributed by atoms with Gasteiger partial charge in [0.05, 0.1) is 19.3 Å². The van der Waals surface area contributed by atoms with E-state index >= 15 is 0 Å². The molecule has 0 fully saturated rings. The molecule has 3 aromatic rings. The number of methoxy groups -OCH3 is 1. The van der Waals surface area contributed by atoms with Crippen molar-refractivity contribution < 1.29 is 13.9 Å². The lowest BCUT2D eigenvalue weighted by atomic mass is 10.2. The molecule has 106 valence electrons. The smallest absolute Gasteiger partial charge is 0.373 e. The van der Waals surface area contributed by atoms with Crippen LogP contribution in [0.5, 0.6) is 0 Å². The van der Waals surface area contributed by atoms with Crippen molar-refractivity contribution in [3.8, 4) is 11.3 Å². The predicted octanol–water partition coefficient (Wildman–Crippen LogP) is 2.98. The number of aromatic nitrogens is 2. The minimum atomic E-state index is -0.480. The Balaban J connectivity index is 1.76. The molecule has 2 aromatic heterocycles. The number of nitrogens with zero attached hydrogens (tertiary/aromatic N) is 2. The van der Waals surface area contributed by atoms with Crippen LogP contribution in [0, 0.1) is 0 Å². The van der Waals surface area contributed by atoms with Gasteiger partial charge in [0.2, 0.25) is 5.76 Å². The zero-order valence-corrected chi connectivity index (χ0v) is 11.5. The Morgan fingerprint density at radius 2 is 2.00 bits per heavy atom. The summed E-state index contributed by atoms with van der Waals surface area (Å²) >= 11 is 0. The van der Waals surface area contributed by atoms with Crippen LogP contribution in [-0.2, 0) is 11.3 Å². The number of hydrogen-bond acceptors (Lipinski definition) is 4. The molecule has 0 bridgehead atoms. The number of carbonyl (C=O) groups excluding carboxylic acids is 1. The molecule has 21 heavy (non-hydrogen) atoms. The average Bonchev–Trinajstić information content (AvgIpc) is 3.17. The maximum atomic E-state index is 11.3. The molecule has 0 saturated carbocycles. The van der Waals surface area contributed by atoms with Crippen LogP contribution < -0.4 is 0 Å². The van der Waals surface area contributed by atoms with E-state index in [-0.39, 0.29) is 5.76 Å². The summed E-state index contributed by atoms with van der Waals surface area (Å²) in [7, 11) is 1.32. The minimum Gasteiger partial charge on any atom is -0.463 e. The molecule has 0 saturated heterocycles. The number of hydrogen-bond donors (Lipinski definition) is 0. The van der Waals surface area contributed by atoms with Gasteiger partial charge in [-0.15, -0.1) is 0 Å². The minimum absolute atomic E-state index is 0.197. The van der Waals surface area contributed by atoms with Crippen molar-refractivity contribution in [1.29, 1.82) is 0 Å². The first kappa shape index (κ1) is 13.2. The van der Waals surface area contributed by atoms with Gasteiger partial charge >= 0.3 is 5.97 Å². The molecule has 0 aliphatic carbocycles. The van der Waals surface area contributed by atoms with E-state index in [0.29, 0.717) is 12.3 Å². The Bertz CT molecular complexity index is 744. The van der Waals surface area contributed by atoms with E-state index in [0.717, 1.165) is 11.3 Å². The van der Waals surface area contributed by atoms with Gasteiger partial charge < -0.3 is 9.15 Å². The summed E-state index contributed by atoms with van der Waals surface area (Å²) in [5.74, 6) is 0.368. The first-order valence-corrected chi connectivity index (χ1v) is 6.52. The number of carbonyl (C=O) groups is 1. The summed E-state index contributed by atoms with van der Waals surface area (Å²) in [5.41, 5.74) is 1.96. The van der Waals surface area contributed by atoms with Crippen LogP contribution in [-0.4, -0.2) is 22.9 Å². The van der Waals surface area contributed by atoms with Crippen LogP contribution in [0.15, 0.2) is 59.1 Å². The largest absolute Gasteiger partial charge is 0.463 e. The van der Waals surface area contributed by atoms with Gasteiger partial charge in [-0.25, -0.2) is 4.79 Å². The molecular weight excluding hydrogens is 268 g/mol. The molecule has 0 radical (unpaired) electrons. The standard InChI is InChI=1S/C16H14N2O3/c1-20-16(19)15-8-7-13(21-15)11-18-10-9-14(17-18)12-5-3-2-4-6-12/h2-10H,11H2,1H3. The Hall–Kier alpha value is -2.82. The van der Waals surface area contributed by atoms with Crippen molar-refractivity contribution >= 4 is 5.97 Å². The average molecular weight is 282 g/mol. The Morgan fingerprint density at radius 1 is 1.19 bits per heavy atom. The quantitative estimate of drug-likeness (QED) is 0.690. The fourth-order valence-electron chi connectivity index (χ4n) is 2.05. The van der Waals surface area contributed by atoms with Gasteiger partial charge in [-0.05, 0) is 18.2 Å². The van der Waals surface area contributed by atoms with Gasteiger partial charge in [0.1, 0.15) is 5.76 Å². The second kappa shape index (κ2) is 5.66. The second-order valence-corrected chi connectivity index (χ2v) is 4.52. The van der Waals surface area contributed by atoms with Gasteiger partial charge in [-0.3, -0.25) is 4.68 Å². The first-order valence-electron chi connectivity index (χ1n) is 6.52. The lowest BCUT2D eigenvalue weighted by Gasteiger charge is -1.99. The molecule has 3 rings (SSSR count). The molecule has 0 N–H and O–H groups in total. The van der Waals surface area contributed by atoms with Gasteiger partial charge in [-0.1, -0.05) is 30.3 Å². The zero-order chi connectivity index (χ0) is 14.7. The number of rotatable bonds is 4. The van der Waals surface area contributed by atoms with Crippen molar-refractivity contribution in [3.05, 3.63) is 66.2 Å². The third-order valence-corrected chi connectivity index (χ3v) is 3.08. The zero-order valence-electron chi connectivity index (χ0n) is 11.5. The van der Waals surface area contributed by atoms with E-state index in [1.807, 2.05) is 42.6 Å². The summed E-state index contributed by atoms with van der Waals surface area (Å²) in [6, 6.07) is 15.2. The van der Waals surface area contributed by atoms with Crippen molar-refractivity contribution in [2.75, 3.05) is 7.11 Å². The van der Waals surface area contributed by atoms with Crippen LogP contribution >= 0.6 is 0 Å². The van der Waals surface area contributed by atoms with Crippen molar-refractivity contribution in [3.63, 3.8) is 0 Å². The van der Waals surface area contributed by atoms with Gasteiger partial charge in [0.15, 0.2) is 0 Å². The lowest BCUT2D eigenvalue weighted by molar-refractivity contribution is 0.0563. The van der Waals surface area contributed by atoms with E-state index in [1.165, 1.54) is 7.11 Å². The number of furan rings is 1. The van der Waals surface area contributed by atoms with E-state index in [9.17, 15) is 4.79 Å². The van der Waals surface area contributed by atoms with Crippen LogP contribution in [0.25, 0.3) is 11.3 Å². The summed E-state index contributed by atoms with van der Waals surface area (Å²) < 4.78 is 11.8. The van der Waals surface area contributed by atoms with E-state index in [1.54, 1.807) is 16.8 Å². The van der Waals surface area contributed by atoms with Crippen molar-refractivity contribution in [2.24, 2.45) is 0 Å². The molecule has 2 heterocycles. The normalized spacial score (nSPS) is 10.5. The Morgan fingerprint density at radius 3 is 2.76 bits per heavy atom. The molecule has 5 nitrogen and oxygen atoms in total. The van der Waals surface area contributed by atoms with Gasteiger partial charge in [0.25, 0.3) is 0 Å². The summed E-state index contributed by atoms with van der Waals surface area (Å²) in [4.78, 5) is 11.3. The van der Waals surface area contributed by atoms with E-state index in [2.05, 4.69) is 9.84 Å². The Kier molecular flexibility index (Phi) is 3.55. The predicted molar refractivity (Wildman–Crippen MR) is 76.8 cm³/mol. The molecule has 0 amide bonds. The molecule has 0 aliphatic heterocycles. The highest BCUT2D eigenvalue weighted by atomic mass is 16.5. The van der Waals surface area contributed by atoms with Crippen LogP contribution in [0.4, 0.5) is 0 Å². The highest BCUT2D eigenvalue weighted by Crippen LogP contribution is 2.17.